The average Bonchev–Trinajstić information content (AvgIpc) is 2.55. The first kappa shape index (κ1) is 15.5. The molecule has 0 bridgehead atoms. The van der Waals surface area contributed by atoms with Crippen LogP contribution in [0.5, 0.6) is 0 Å². The molecule has 0 aliphatic carbocycles. The minimum absolute atomic E-state index is 0.0219. The van der Waals surface area contributed by atoms with E-state index in [0.717, 1.165) is 5.56 Å². The van der Waals surface area contributed by atoms with E-state index in [2.05, 4.69) is 10.3 Å². The van der Waals surface area contributed by atoms with Gasteiger partial charge in [-0.1, -0.05) is 42.1 Å². The molecule has 0 radical (unpaired) electrons. The van der Waals surface area contributed by atoms with Crippen molar-refractivity contribution in [1.29, 1.82) is 0 Å². The largest absolute Gasteiger partial charge is 0.305 e. The molecule has 1 aliphatic rings. The molecule has 1 heterocycles. The van der Waals surface area contributed by atoms with Crippen molar-refractivity contribution in [2.24, 2.45) is 4.99 Å². The van der Waals surface area contributed by atoms with E-state index in [9.17, 15) is 9.59 Å². The maximum absolute atomic E-state index is 11.9. The lowest BCUT2D eigenvalue weighted by Crippen LogP contribution is -2.34. The van der Waals surface area contributed by atoms with E-state index in [1.165, 1.54) is 6.92 Å². The van der Waals surface area contributed by atoms with Gasteiger partial charge in [-0.15, -0.1) is 0 Å². The number of nitrogens with one attached hydrogen (secondary N) is 1. The normalized spacial score (nSPS) is 19.4. The van der Waals surface area contributed by atoms with Crippen molar-refractivity contribution in [2.75, 3.05) is 0 Å². The average molecular weight is 324 g/mol. The lowest BCUT2D eigenvalue weighted by molar-refractivity contribution is -0.119. The van der Waals surface area contributed by atoms with E-state index < -0.39 is 0 Å². The van der Waals surface area contributed by atoms with Crippen LogP contribution < -0.4 is 5.32 Å². The number of benzene rings is 2. The summed E-state index contributed by atoms with van der Waals surface area (Å²) in [6, 6.07) is 17.0. The topological polar surface area (TPSA) is 58.5 Å². The molecule has 0 unspecified atom stereocenters. The van der Waals surface area contributed by atoms with Crippen LogP contribution in [0, 0.1) is 0 Å². The van der Waals surface area contributed by atoms with Gasteiger partial charge in [-0.25, -0.2) is 4.99 Å². The third-order valence-electron chi connectivity index (χ3n) is 3.55. The summed E-state index contributed by atoms with van der Waals surface area (Å²) in [5.74, 6) is -0.00889. The number of Topliss-reactive ketones (excluding diaryl/α,β-unsaturated/α-hetero) is 1. The summed E-state index contributed by atoms with van der Waals surface area (Å²) in [7, 11) is 0. The van der Waals surface area contributed by atoms with E-state index in [-0.39, 0.29) is 16.9 Å². The highest BCUT2D eigenvalue weighted by Crippen LogP contribution is 2.36. The molecular weight excluding hydrogens is 308 g/mol. The van der Waals surface area contributed by atoms with Gasteiger partial charge in [0.25, 0.3) is 0 Å². The molecule has 23 heavy (non-hydrogen) atoms. The van der Waals surface area contributed by atoms with Crippen molar-refractivity contribution in [3.05, 3.63) is 65.7 Å². The Morgan fingerprint density at radius 1 is 1.13 bits per heavy atom. The molecule has 1 amide bonds. The Hall–Kier alpha value is -2.40. The third kappa shape index (κ3) is 3.87. The van der Waals surface area contributed by atoms with Gasteiger partial charge in [0.2, 0.25) is 5.91 Å². The summed E-state index contributed by atoms with van der Waals surface area (Å²) in [4.78, 5) is 27.7. The lowest BCUT2D eigenvalue weighted by Gasteiger charge is -2.23. The maximum atomic E-state index is 11.9. The fraction of sp³-hybridized carbons (Fsp3) is 0.167. The van der Waals surface area contributed by atoms with E-state index in [0.29, 0.717) is 22.8 Å². The number of aliphatic imine (C=N–C) groups is 1. The quantitative estimate of drug-likeness (QED) is 0.872. The summed E-state index contributed by atoms with van der Waals surface area (Å²) in [5.41, 5.74) is 2.48. The highest BCUT2D eigenvalue weighted by Gasteiger charge is 2.25. The Kier molecular flexibility index (Phi) is 4.57. The zero-order chi connectivity index (χ0) is 16.2. The Balaban J connectivity index is 1.81. The molecule has 0 spiro atoms. The van der Waals surface area contributed by atoms with Gasteiger partial charge in [-0.05, 0) is 36.8 Å². The summed E-state index contributed by atoms with van der Waals surface area (Å²) >= 11 is 1.54. The van der Waals surface area contributed by atoms with Crippen LogP contribution in [0.3, 0.4) is 0 Å². The van der Waals surface area contributed by atoms with E-state index in [1.54, 1.807) is 36.0 Å². The second-order valence-electron chi connectivity index (χ2n) is 5.29. The summed E-state index contributed by atoms with van der Waals surface area (Å²) in [6.07, 6.45) is 0.441. The third-order valence-corrected chi connectivity index (χ3v) is 4.69. The number of amidine groups is 1. The van der Waals surface area contributed by atoms with Gasteiger partial charge in [0.15, 0.2) is 11.0 Å². The molecule has 5 heteroatoms. The van der Waals surface area contributed by atoms with Crippen LogP contribution in [0.15, 0.2) is 59.6 Å². The van der Waals surface area contributed by atoms with Crippen molar-refractivity contribution >= 4 is 34.3 Å². The van der Waals surface area contributed by atoms with Gasteiger partial charge < -0.3 is 5.32 Å². The number of thioether (sulfide) groups is 1. The van der Waals surface area contributed by atoms with Crippen LogP contribution in [-0.4, -0.2) is 16.9 Å². The van der Waals surface area contributed by atoms with E-state index >= 15 is 0 Å². The van der Waals surface area contributed by atoms with Crippen LogP contribution in [0.4, 0.5) is 5.69 Å². The molecule has 3 rings (SSSR count). The number of carbonyl (C=O) groups excluding carboxylic acids is 2. The Labute approximate surface area is 139 Å². The predicted molar refractivity (Wildman–Crippen MR) is 93.1 cm³/mol. The predicted octanol–water partition coefficient (Wildman–Crippen LogP) is 3.87. The molecule has 4 nitrogen and oxygen atoms in total. The molecule has 2 aromatic carbocycles. The van der Waals surface area contributed by atoms with Gasteiger partial charge in [0.05, 0.1) is 5.69 Å². The van der Waals surface area contributed by atoms with E-state index in [1.807, 2.05) is 30.3 Å². The van der Waals surface area contributed by atoms with E-state index in [4.69, 9.17) is 0 Å². The van der Waals surface area contributed by atoms with Crippen LogP contribution in [-0.2, 0) is 4.79 Å². The van der Waals surface area contributed by atoms with Crippen molar-refractivity contribution in [3.63, 3.8) is 0 Å². The van der Waals surface area contributed by atoms with Gasteiger partial charge in [-0.2, -0.15) is 0 Å². The minimum Gasteiger partial charge on any atom is -0.305 e. The maximum Gasteiger partial charge on any atom is 0.227 e. The highest BCUT2D eigenvalue weighted by molar-refractivity contribution is 8.14. The van der Waals surface area contributed by atoms with Crippen molar-refractivity contribution < 1.29 is 9.59 Å². The molecular formula is C18H16N2O2S. The van der Waals surface area contributed by atoms with Gasteiger partial charge in [0, 0.05) is 17.2 Å². The zero-order valence-corrected chi connectivity index (χ0v) is 13.5. The number of hydrogen-bond acceptors (Lipinski definition) is 4. The Morgan fingerprint density at radius 3 is 2.48 bits per heavy atom. The lowest BCUT2D eigenvalue weighted by atomic mass is 10.1. The highest BCUT2D eigenvalue weighted by atomic mass is 32.2. The van der Waals surface area contributed by atoms with Crippen LogP contribution in [0.1, 0.15) is 34.5 Å². The van der Waals surface area contributed by atoms with Gasteiger partial charge in [0.1, 0.15) is 0 Å². The van der Waals surface area contributed by atoms with Crippen molar-refractivity contribution in [1.82, 2.24) is 5.32 Å². The molecule has 0 saturated carbocycles. The first-order valence-corrected chi connectivity index (χ1v) is 8.21. The number of ketones is 1. The number of rotatable bonds is 3. The van der Waals surface area contributed by atoms with Crippen LogP contribution in [0.25, 0.3) is 0 Å². The second-order valence-corrected chi connectivity index (χ2v) is 6.48. The van der Waals surface area contributed by atoms with Crippen LogP contribution >= 0.6 is 11.8 Å². The summed E-state index contributed by atoms with van der Waals surface area (Å²) in [5, 5.41) is 3.47. The minimum atomic E-state index is -0.0308. The molecule has 2 aromatic rings. The fourth-order valence-electron chi connectivity index (χ4n) is 2.34. The van der Waals surface area contributed by atoms with Crippen LogP contribution in [0.2, 0.25) is 0 Å². The molecule has 1 aliphatic heterocycles. The summed E-state index contributed by atoms with van der Waals surface area (Å²) in [6.45, 7) is 1.53. The number of carbonyl (C=O) groups is 2. The molecule has 0 aromatic heterocycles. The van der Waals surface area contributed by atoms with Gasteiger partial charge >= 0.3 is 0 Å². The first-order chi connectivity index (χ1) is 11.1. The SMILES string of the molecule is CC(=O)c1ccc(N=C2NC(=O)C[C@H](c3ccccc3)S2)cc1. The molecule has 1 saturated heterocycles. The zero-order valence-electron chi connectivity index (χ0n) is 12.7. The second kappa shape index (κ2) is 6.79. The molecule has 116 valence electrons. The molecule has 1 fully saturated rings. The molecule has 1 N–H and O–H groups in total. The number of amides is 1. The van der Waals surface area contributed by atoms with Crippen molar-refractivity contribution in [3.8, 4) is 0 Å². The molecule has 1 atom stereocenters. The summed E-state index contributed by atoms with van der Waals surface area (Å²) < 4.78 is 0. The Morgan fingerprint density at radius 2 is 1.83 bits per heavy atom. The number of hydrogen-bond donors (Lipinski definition) is 1. The standard InChI is InChI=1S/C18H16N2O2S/c1-12(21)13-7-9-15(10-8-13)19-18-20-17(22)11-16(23-18)14-5-3-2-4-6-14/h2-10,16H,11H2,1H3,(H,19,20,22)/t16-/m1/s1. The monoisotopic (exact) mass is 324 g/mol. The number of nitrogens with zero attached hydrogens (tertiary/aromatic N) is 1. The Bertz CT molecular complexity index is 754. The smallest absolute Gasteiger partial charge is 0.227 e. The first-order valence-electron chi connectivity index (χ1n) is 7.33. The van der Waals surface area contributed by atoms with Gasteiger partial charge in [-0.3, -0.25) is 9.59 Å². The van der Waals surface area contributed by atoms with Crippen molar-refractivity contribution in [2.45, 2.75) is 18.6 Å². The fourth-order valence-corrected chi connectivity index (χ4v) is 3.47.